The minimum Gasteiger partial charge on any atom is -0.491 e. The van der Waals surface area contributed by atoms with Crippen LogP contribution in [0.5, 0.6) is 5.75 Å². The lowest BCUT2D eigenvalue weighted by Crippen LogP contribution is -2.09. The van der Waals surface area contributed by atoms with Crippen LogP contribution in [-0.4, -0.2) is 12.5 Å². The molecule has 0 fully saturated rings. The van der Waals surface area contributed by atoms with Crippen molar-refractivity contribution in [2.24, 2.45) is 0 Å². The normalized spacial score (nSPS) is 10.3. The highest BCUT2D eigenvalue weighted by Gasteiger charge is 2.05. The summed E-state index contributed by atoms with van der Waals surface area (Å²) < 4.78 is 5.73. The van der Waals surface area contributed by atoms with Crippen molar-refractivity contribution in [2.45, 2.75) is 52.4 Å². The lowest BCUT2D eigenvalue weighted by molar-refractivity contribution is -0.114. The Morgan fingerprint density at radius 1 is 1.20 bits per heavy atom. The molecule has 0 atom stereocenters. The Bertz CT molecular complexity index is 419. The molecule has 20 heavy (non-hydrogen) atoms. The van der Waals surface area contributed by atoms with Crippen LogP contribution in [0.15, 0.2) is 18.2 Å². The van der Waals surface area contributed by atoms with Crippen LogP contribution in [0.25, 0.3) is 0 Å². The van der Waals surface area contributed by atoms with E-state index < -0.39 is 0 Å². The number of nitrogen functional groups attached to an aromatic ring is 1. The van der Waals surface area contributed by atoms with Crippen LogP contribution in [0, 0.1) is 0 Å². The number of ether oxygens (including phenoxy) is 1. The third-order valence-electron chi connectivity index (χ3n) is 3.07. The Kier molecular flexibility index (Phi) is 7.55. The van der Waals surface area contributed by atoms with Gasteiger partial charge < -0.3 is 15.8 Å². The number of nitrogens with one attached hydrogen (secondary N) is 1. The maximum atomic E-state index is 11.1. The second kappa shape index (κ2) is 9.23. The van der Waals surface area contributed by atoms with Gasteiger partial charge in [-0.15, -0.1) is 0 Å². The van der Waals surface area contributed by atoms with Crippen LogP contribution in [0.3, 0.4) is 0 Å². The maximum Gasteiger partial charge on any atom is 0.221 e. The first-order chi connectivity index (χ1) is 9.63. The summed E-state index contributed by atoms with van der Waals surface area (Å²) >= 11 is 0. The number of carbonyl (C=O) groups excluding carboxylic acids is 1. The van der Waals surface area contributed by atoms with Crippen molar-refractivity contribution in [1.82, 2.24) is 0 Å². The zero-order chi connectivity index (χ0) is 14.8. The van der Waals surface area contributed by atoms with E-state index in [1.54, 1.807) is 18.2 Å². The first-order valence-electron chi connectivity index (χ1n) is 7.43. The van der Waals surface area contributed by atoms with Crippen LogP contribution in [0.1, 0.15) is 52.4 Å². The van der Waals surface area contributed by atoms with Crippen molar-refractivity contribution in [2.75, 3.05) is 17.7 Å². The molecule has 0 unspecified atom stereocenters. The van der Waals surface area contributed by atoms with Gasteiger partial charge in [0.25, 0.3) is 0 Å². The number of anilines is 2. The van der Waals surface area contributed by atoms with Crippen LogP contribution in [0.2, 0.25) is 0 Å². The SMILES string of the molecule is CCCCCCCCOc1ccc(N)cc1NC(C)=O. The van der Waals surface area contributed by atoms with Crippen molar-refractivity contribution in [3.8, 4) is 5.75 Å². The number of hydrogen-bond acceptors (Lipinski definition) is 3. The number of nitrogens with two attached hydrogens (primary N) is 1. The Balaban J connectivity index is 2.37. The van der Waals surface area contributed by atoms with Crippen molar-refractivity contribution in [3.05, 3.63) is 18.2 Å². The fourth-order valence-electron chi connectivity index (χ4n) is 2.03. The smallest absolute Gasteiger partial charge is 0.221 e. The number of amides is 1. The summed E-state index contributed by atoms with van der Waals surface area (Å²) in [5.74, 6) is 0.558. The number of unbranched alkanes of at least 4 members (excludes halogenated alkanes) is 5. The van der Waals surface area contributed by atoms with Crippen molar-refractivity contribution in [1.29, 1.82) is 0 Å². The molecule has 0 aliphatic rings. The zero-order valence-corrected chi connectivity index (χ0v) is 12.6. The van der Waals surface area contributed by atoms with E-state index in [0.717, 1.165) is 6.42 Å². The number of carbonyl (C=O) groups is 1. The molecular weight excluding hydrogens is 252 g/mol. The number of benzene rings is 1. The summed E-state index contributed by atoms with van der Waals surface area (Å²) in [5.41, 5.74) is 6.97. The van der Waals surface area contributed by atoms with Gasteiger partial charge in [0.2, 0.25) is 5.91 Å². The van der Waals surface area contributed by atoms with Gasteiger partial charge in [-0.05, 0) is 24.6 Å². The molecule has 1 aromatic carbocycles. The van der Waals surface area contributed by atoms with Crippen LogP contribution in [0.4, 0.5) is 11.4 Å². The molecule has 1 aromatic rings. The van der Waals surface area contributed by atoms with Gasteiger partial charge in [0.1, 0.15) is 5.75 Å². The molecule has 0 saturated heterocycles. The highest BCUT2D eigenvalue weighted by atomic mass is 16.5. The van der Waals surface area contributed by atoms with E-state index in [4.69, 9.17) is 10.5 Å². The van der Waals surface area contributed by atoms with Gasteiger partial charge in [-0.3, -0.25) is 4.79 Å². The van der Waals surface area contributed by atoms with Crippen LogP contribution >= 0.6 is 0 Å². The zero-order valence-electron chi connectivity index (χ0n) is 12.6. The molecular formula is C16H26N2O2. The third kappa shape index (κ3) is 6.45. The fourth-order valence-corrected chi connectivity index (χ4v) is 2.03. The summed E-state index contributed by atoms with van der Waals surface area (Å²) in [4.78, 5) is 11.1. The predicted octanol–water partition coefficient (Wildman–Crippen LogP) is 3.97. The van der Waals surface area contributed by atoms with E-state index in [-0.39, 0.29) is 5.91 Å². The van der Waals surface area contributed by atoms with E-state index in [0.29, 0.717) is 23.7 Å². The van der Waals surface area contributed by atoms with Crippen LogP contribution < -0.4 is 15.8 Å². The number of hydrogen-bond donors (Lipinski definition) is 2. The molecule has 1 amide bonds. The van der Waals surface area contributed by atoms with Crippen molar-refractivity contribution in [3.63, 3.8) is 0 Å². The second-order valence-corrected chi connectivity index (χ2v) is 5.05. The Morgan fingerprint density at radius 2 is 1.90 bits per heavy atom. The first-order valence-corrected chi connectivity index (χ1v) is 7.43. The van der Waals surface area contributed by atoms with Crippen LogP contribution in [-0.2, 0) is 4.79 Å². The molecule has 4 heteroatoms. The highest BCUT2D eigenvalue weighted by Crippen LogP contribution is 2.27. The molecule has 0 aromatic heterocycles. The van der Waals surface area contributed by atoms with Crippen molar-refractivity contribution >= 4 is 17.3 Å². The monoisotopic (exact) mass is 278 g/mol. The lowest BCUT2D eigenvalue weighted by Gasteiger charge is -2.12. The summed E-state index contributed by atoms with van der Waals surface area (Å²) in [5, 5.41) is 2.74. The average molecular weight is 278 g/mol. The first kappa shape index (κ1) is 16.3. The molecule has 3 N–H and O–H groups in total. The Labute approximate surface area is 121 Å². The van der Waals surface area contributed by atoms with E-state index in [1.807, 2.05) is 0 Å². The summed E-state index contributed by atoms with van der Waals surface area (Å²) in [7, 11) is 0. The molecule has 0 bridgehead atoms. The second-order valence-electron chi connectivity index (χ2n) is 5.05. The summed E-state index contributed by atoms with van der Waals surface area (Å²) in [6.45, 7) is 4.36. The molecule has 112 valence electrons. The topological polar surface area (TPSA) is 64.3 Å². The quantitative estimate of drug-likeness (QED) is 0.530. The average Bonchev–Trinajstić information content (AvgIpc) is 2.39. The summed E-state index contributed by atoms with van der Waals surface area (Å²) in [6.07, 6.45) is 7.36. The Morgan fingerprint density at radius 3 is 2.60 bits per heavy atom. The van der Waals surface area contributed by atoms with E-state index in [9.17, 15) is 4.79 Å². The number of rotatable bonds is 9. The minimum atomic E-state index is -0.125. The largest absolute Gasteiger partial charge is 0.491 e. The van der Waals surface area contributed by atoms with Gasteiger partial charge in [-0.25, -0.2) is 0 Å². The van der Waals surface area contributed by atoms with Gasteiger partial charge in [0.05, 0.1) is 12.3 Å². The molecule has 0 spiro atoms. The molecule has 0 saturated carbocycles. The minimum absolute atomic E-state index is 0.125. The van der Waals surface area contributed by atoms with E-state index in [1.165, 1.54) is 39.0 Å². The van der Waals surface area contributed by atoms with E-state index >= 15 is 0 Å². The molecule has 0 aliphatic heterocycles. The summed E-state index contributed by atoms with van der Waals surface area (Å²) in [6, 6.07) is 5.30. The molecule has 4 nitrogen and oxygen atoms in total. The Hall–Kier alpha value is -1.71. The highest BCUT2D eigenvalue weighted by molar-refractivity contribution is 5.91. The molecule has 0 radical (unpaired) electrons. The van der Waals surface area contributed by atoms with Crippen molar-refractivity contribution < 1.29 is 9.53 Å². The van der Waals surface area contributed by atoms with Gasteiger partial charge in [0, 0.05) is 12.6 Å². The molecule has 0 heterocycles. The van der Waals surface area contributed by atoms with Gasteiger partial charge >= 0.3 is 0 Å². The van der Waals surface area contributed by atoms with Gasteiger partial charge in [-0.1, -0.05) is 39.0 Å². The molecule has 1 rings (SSSR count). The van der Waals surface area contributed by atoms with Gasteiger partial charge in [0.15, 0.2) is 0 Å². The molecule has 0 aliphatic carbocycles. The lowest BCUT2D eigenvalue weighted by atomic mass is 10.1. The fraction of sp³-hybridized carbons (Fsp3) is 0.562. The van der Waals surface area contributed by atoms with E-state index in [2.05, 4.69) is 12.2 Å². The maximum absolute atomic E-state index is 11.1. The predicted molar refractivity (Wildman–Crippen MR) is 84.0 cm³/mol. The van der Waals surface area contributed by atoms with Gasteiger partial charge in [-0.2, -0.15) is 0 Å². The third-order valence-corrected chi connectivity index (χ3v) is 3.07. The standard InChI is InChI=1S/C16H26N2O2/c1-3-4-5-6-7-8-11-20-16-10-9-14(17)12-15(16)18-13(2)19/h9-10,12H,3-8,11,17H2,1-2H3,(H,18,19).